The molecule has 0 bridgehead atoms. The first kappa shape index (κ1) is 45.7. The van der Waals surface area contributed by atoms with E-state index in [1.807, 2.05) is 0 Å². The molecule has 5 N–H and O–H groups in total. The molecule has 0 saturated heterocycles. The number of nitrogens with two attached hydrogens (primary N) is 2. The van der Waals surface area contributed by atoms with Crippen LogP contribution in [0.5, 0.6) is 0 Å². The molecule has 0 aliphatic rings. The van der Waals surface area contributed by atoms with Crippen LogP contribution in [0.4, 0.5) is 0 Å². The van der Waals surface area contributed by atoms with Gasteiger partial charge in [0.15, 0.2) is 0 Å². The zero-order valence-electron chi connectivity index (χ0n) is 30.3. The van der Waals surface area contributed by atoms with Crippen LogP contribution in [0.1, 0.15) is 207 Å². The van der Waals surface area contributed by atoms with Crippen molar-refractivity contribution < 1.29 is 19.5 Å². The Morgan fingerprint density at radius 2 is 0.844 bits per heavy atom. The minimum atomic E-state index is -1.00. The van der Waals surface area contributed by atoms with E-state index in [0.29, 0.717) is 38.6 Å². The third-order valence-corrected chi connectivity index (χ3v) is 8.61. The van der Waals surface area contributed by atoms with Gasteiger partial charge in [0.1, 0.15) is 6.04 Å². The van der Waals surface area contributed by atoms with Crippen molar-refractivity contribution in [2.45, 2.75) is 213 Å². The average Bonchev–Trinajstić information content (AvgIpc) is 3.03. The number of carbonyl (C=O) groups is 3. The van der Waals surface area contributed by atoms with Crippen LogP contribution in [0, 0.1) is 0 Å². The van der Waals surface area contributed by atoms with Gasteiger partial charge in [-0.2, -0.15) is 0 Å². The fourth-order valence-electron chi connectivity index (χ4n) is 5.51. The van der Waals surface area contributed by atoms with E-state index in [-0.39, 0.29) is 11.8 Å². The van der Waals surface area contributed by atoms with Crippen LogP contribution in [0.2, 0.25) is 0 Å². The Morgan fingerprint density at radius 1 is 0.511 bits per heavy atom. The lowest BCUT2D eigenvalue weighted by molar-refractivity contribution is -0.145. The van der Waals surface area contributed by atoms with Crippen LogP contribution in [0.15, 0.2) is 0 Å². The number of aliphatic carboxylic acids is 1. The van der Waals surface area contributed by atoms with E-state index in [0.717, 1.165) is 45.1 Å². The Labute approximate surface area is 279 Å². The van der Waals surface area contributed by atoms with Crippen LogP contribution >= 0.6 is 0 Å². The highest BCUT2D eigenvalue weighted by molar-refractivity contribution is 5.95. The Morgan fingerprint density at radius 3 is 1.18 bits per heavy atom. The summed E-state index contributed by atoms with van der Waals surface area (Å²) < 4.78 is 0. The molecule has 0 aliphatic carbocycles. The number of carboxylic acids is 1. The van der Waals surface area contributed by atoms with Crippen LogP contribution in [-0.4, -0.2) is 46.9 Å². The summed E-state index contributed by atoms with van der Waals surface area (Å²) in [6, 6.07) is -0.881. The first-order valence-corrected chi connectivity index (χ1v) is 19.4. The fourth-order valence-corrected chi connectivity index (χ4v) is 5.51. The summed E-state index contributed by atoms with van der Waals surface area (Å²) in [5.41, 5.74) is 10.9. The van der Waals surface area contributed by atoms with Gasteiger partial charge < -0.3 is 16.6 Å². The molecule has 0 aromatic heterocycles. The molecule has 2 amide bonds. The molecule has 0 radical (unpaired) electrons. The molecular weight excluding hydrogens is 562 g/mol. The SMILES string of the molecule is CCCCCCCCCCCC(=O)N(CCCC[C@H](N)C(=O)O)C(=O)CCCCCCCCCCC.CCCCCCCCN. The summed E-state index contributed by atoms with van der Waals surface area (Å²) in [5, 5.41) is 8.95. The molecule has 1 atom stereocenters. The van der Waals surface area contributed by atoms with E-state index in [4.69, 9.17) is 16.6 Å². The van der Waals surface area contributed by atoms with Crippen molar-refractivity contribution in [2.24, 2.45) is 11.5 Å². The zero-order valence-corrected chi connectivity index (χ0v) is 30.3. The van der Waals surface area contributed by atoms with E-state index in [1.54, 1.807) is 0 Å². The van der Waals surface area contributed by atoms with Crippen LogP contribution in [0.3, 0.4) is 0 Å². The Kier molecular flexibility index (Phi) is 37.5. The van der Waals surface area contributed by atoms with Crippen molar-refractivity contribution >= 4 is 17.8 Å². The highest BCUT2D eigenvalue weighted by Gasteiger charge is 2.20. The lowest BCUT2D eigenvalue weighted by atomic mass is 10.1. The fraction of sp³-hybridized carbons (Fsp3) is 0.921. The van der Waals surface area contributed by atoms with Gasteiger partial charge in [0, 0.05) is 19.4 Å². The molecule has 268 valence electrons. The monoisotopic (exact) mass is 640 g/mol. The van der Waals surface area contributed by atoms with Gasteiger partial charge in [0.25, 0.3) is 0 Å². The first-order chi connectivity index (χ1) is 21.8. The summed E-state index contributed by atoms with van der Waals surface area (Å²) in [6.45, 7) is 7.94. The third kappa shape index (κ3) is 33.7. The van der Waals surface area contributed by atoms with Crippen LogP contribution in [-0.2, 0) is 14.4 Å². The molecule has 7 nitrogen and oxygen atoms in total. The molecule has 45 heavy (non-hydrogen) atoms. The number of amides is 2. The van der Waals surface area contributed by atoms with Gasteiger partial charge >= 0.3 is 5.97 Å². The molecule has 0 spiro atoms. The van der Waals surface area contributed by atoms with Gasteiger partial charge in [0.05, 0.1) is 0 Å². The number of hydrogen-bond donors (Lipinski definition) is 3. The molecule has 0 aromatic carbocycles. The third-order valence-electron chi connectivity index (χ3n) is 8.61. The molecular formula is C38H77N3O4. The summed E-state index contributed by atoms with van der Waals surface area (Å²) in [7, 11) is 0. The predicted octanol–water partition coefficient (Wildman–Crippen LogP) is 10.1. The van der Waals surface area contributed by atoms with Gasteiger partial charge in [-0.15, -0.1) is 0 Å². The molecule has 0 unspecified atom stereocenters. The van der Waals surface area contributed by atoms with Gasteiger partial charge in [0.2, 0.25) is 11.8 Å². The maximum Gasteiger partial charge on any atom is 0.320 e. The maximum absolute atomic E-state index is 12.9. The number of rotatable bonds is 32. The minimum Gasteiger partial charge on any atom is -0.480 e. The second kappa shape index (κ2) is 37.0. The standard InChI is InChI=1S/C30H58N2O4.C8H19N/c1-3-5-7-9-11-13-15-17-19-24-28(33)32(26-22-21-23-27(31)30(35)36)29(34)25-20-18-16-14-12-10-8-6-4-2;1-2-3-4-5-6-7-8-9/h27H,3-26,31H2,1-2H3,(H,35,36);2-9H2,1H3/t27-;/m0./s1. The van der Waals surface area contributed by atoms with Gasteiger partial charge in [-0.1, -0.05) is 156 Å². The second-order valence-corrected chi connectivity index (χ2v) is 13.1. The molecule has 0 saturated carbocycles. The van der Waals surface area contributed by atoms with E-state index < -0.39 is 12.0 Å². The Hall–Kier alpha value is -1.47. The average molecular weight is 640 g/mol. The highest BCUT2D eigenvalue weighted by atomic mass is 16.4. The topological polar surface area (TPSA) is 127 Å². The summed E-state index contributed by atoms with van der Waals surface area (Å²) in [4.78, 5) is 38.1. The van der Waals surface area contributed by atoms with E-state index in [2.05, 4.69) is 20.8 Å². The summed E-state index contributed by atoms with van der Waals surface area (Å²) >= 11 is 0. The lowest BCUT2D eigenvalue weighted by Crippen LogP contribution is -2.37. The van der Waals surface area contributed by atoms with Crippen LogP contribution in [0.25, 0.3) is 0 Å². The van der Waals surface area contributed by atoms with Crippen molar-refractivity contribution in [3.63, 3.8) is 0 Å². The van der Waals surface area contributed by atoms with Crippen molar-refractivity contribution in [1.82, 2.24) is 4.90 Å². The predicted molar refractivity (Wildman–Crippen MR) is 192 cm³/mol. The van der Waals surface area contributed by atoms with Crippen LogP contribution < -0.4 is 11.5 Å². The highest BCUT2D eigenvalue weighted by Crippen LogP contribution is 2.15. The molecule has 0 rings (SSSR count). The maximum atomic E-state index is 12.9. The largest absolute Gasteiger partial charge is 0.480 e. The van der Waals surface area contributed by atoms with E-state index in [9.17, 15) is 14.4 Å². The summed E-state index contributed by atoms with van der Waals surface area (Å²) in [6.07, 6.45) is 31.9. The number of hydrogen-bond acceptors (Lipinski definition) is 5. The number of carboxylic acid groups (broad SMARTS) is 1. The first-order valence-electron chi connectivity index (χ1n) is 19.4. The second-order valence-electron chi connectivity index (χ2n) is 13.1. The molecule has 0 fully saturated rings. The van der Waals surface area contributed by atoms with Crippen molar-refractivity contribution in [1.29, 1.82) is 0 Å². The quantitative estimate of drug-likeness (QED) is 0.0629. The number of carbonyl (C=O) groups excluding carboxylic acids is 2. The normalized spacial score (nSPS) is 11.6. The molecule has 7 heteroatoms. The van der Waals surface area contributed by atoms with Gasteiger partial charge in [-0.05, 0) is 45.1 Å². The number of imide groups is 1. The zero-order chi connectivity index (χ0) is 33.8. The number of unbranched alkanes of at least 4 members (excludes halogenated alkanes) is 22. The Bertz CT molecular complexity index is 619. The summed E-state index contributed by atoms with van der Waals surface area (Å²) in [5.74, 6) is -1.14. The minimum absolute atomic E-state index is 0.0681. The van der Waals surface area contributed by atoms with Crippen molar-refractivity contribution in [3.8, 4) is 0 Å². The Balaban J connectivity index is 0. The smallest absolute Gasteiger partial charge is 0.320 e. The molecule has 0 aromatic rings. The number of nitrogens with zero attached hydrogens (tertiary/aromatic N) is 1. The molecule has 0 heterocycles. The van der Waals surface area contributed by atoms with Gasteiger partial charge in [-0.25, -0.2) is 0 Å². The van der Waals surface area contributed by atoms with Gasteiger partial charge in [-0.3, -0.25) is 19.3 Å². The molecule has 0 aliphatic heterocycles. The van der Waals surface area contributed by atoms with E-state index in [1.165, 1.54) is 120 Å². The van der Waals surface area contributed by atoms with Crippen molar-refractivity contribution in [3.05, 3.63) is 0 Å². The van der Waals surface area contributed by atoms with Crippen molar-refractivity contribution in [2.75, 3.05) is 13.1 Å². The lowest BCUT2D eigenvalue weighted by Gasteiger charge is -2.21. The van der Waals surface area contributed by atoms with E-state index >= 15 is 0 Å².